The first-order chi connectivity index (χ1) is 17.6. The molecule has 1 aromatic carbocycles. The fraction of sp³-hybridized carbons (Fsp3) is 0.577. The average molecular weight is 519 g/mol. The van der Waals surface area contributed by atoms with Crippen molar-refractivity contribution in [3.8, 4) is 5.75 Å². The number of carbonyl (C=O) groups excluding carboxylic acids is 2. The molecule has 0 spiro atoms. The minimum atomic E-state index is -2.06. The van der Waals surface area contributed by atoms with Crippen molar-refractivity contribution in [1.29, 1.82) is 0 Å². The second kappa shape index (κ2) is 12.6. The number of carboxylic acid groups (broad SMARTS) is 3. The molecule has 2 aliphatic carbocycles. The predicted molar refractivity (Wildman–Crippen MR) is 130 cm³/mol. The second-order valence-corrected chi connectivity index (χ2v) is 9.80. The molecule has 0 aromatic heterocycles. The summed E-state index contributed by atoms with van der Waals surface area (Å²) < 4.78 is 5.01. The van der Waals surface area contributed by atoms with Crippen molar-refractivity contribution >= 4 is 29.7 Å². The van der Waals surface area contributed by atoms with Crippen LogP contribution in [-0.4, -0.2) is 63.7 Å². The van der Waals surface area contributed by atoms with Gasteiger partial charge in [-0.25, -0.2) is 9.59 Å². The molecule has 0 radical (unpaired) electrons. The van der Waals surface area contributed by atoms with E-state index in [2.05, 4.69) is 10.6 Å². The molecule has 5 atom stereocenters. The van der Waals surface area contributed by atoms with Crippen molar-refractivity contribution in [2.24, 2.45) is 23.7 Å². The molecule has 0 heterocycles. The van der Waals surface area contributed by atoms with Crippen LogP contribution < -0.4 is 15.4 Å². The van der Waals surface area contributed by atoms with Gasteiger partial charge >= 0.3 is 17.9 Å². The van der Waals surface area contributed by atoms with Crippen LogP contribution in [0, 0.1) is 23.7 Å². The fourth-order valence-electron chi connectivity index (χ4n) is 5.49. The molecule has 0 unspecified atom stereocenters. The molecular weight excluding hydrogens is 484 g/mol. The number of benzene rings is 1. The van der Waals surface area contributed by atoms with Gasteiger partial charge in [-0.3, -0.25) is 14.4 Å². The van der Waals surface area contributed by atoms with Crippen LogP contribution in [-0.2, 0) is 30.4 Å². The minimum absolute atomic E-state index is 0.00721. The van der Waals surface area contributed by atoms with Crippen molar-refractivity contribution in [2.45, 2.75) is 64.0 Å². The number of unbranched alkanes of at least 4 members (excludes halogenated alkanes) is 2. The highest BCUT2D eigenvalue weighted by Gasteiger charge is 2.54. The van der Waals surface area contributed by atoms with E-state index in [0.717, 1.165) is 32.1 Å². The van der Waals surface area contributed by atoms with Crippen LogP contribution in [0.25, 0.3) is 0 Å². The van der Waals surface area contributed by atoms with Crippen molar-refractivity contribution in [1.82, 2.24) is 10.6 Å². The van der Waals surface area contributed by atoms with E-state index in [1.165, 1.54) is 12.1 Å². The lowest BCUT2D eigenvalue weighted by molar-refractivity contribution is -0.159. The van der Waals surface area contributed by atoms with Crippen LogP contribution >= 0.6 is 0 Å². The number of ether oxygens (including phenoxy) is 1. The van der Waals surface area contributed by atoms with Crippen LogP contribution in [0.2, 0.25) is 0 Å². The van der Waals surface area contributed by atoms with E-state index in [4.69, 9.17) is 14.9 Å². The Kier molecular flexibility index (Phi) is 9.48. The summed E-state index contributed by atoms with van der Waals surface area (Å²) in [5.41, 5.74) is 0.617. The Morgan fingerprint density at radius 2 is 1.57 bits per heavy atom. The Hall–Kier alpha value is -3.63. The van der Waals surface area contributed by atoms with E-state index in [0.29, 0.717) is 18.5 Å². The van der Waals surface area contributed by atoms with Gasteiger partial charge in [0.1, 0.15) is 11.8 Å². The van der Waals surface area contributed by atoms with Crippen LogP contribution in [0.3, 0.4) is 0 Å². The first-order valence-electron chi connectivity index (χ1n) is 12.6. The van der Waals surface area contributed by atoms with Gasteiger partial charge in [0.15, 0.2) is 0 Å². The number of hydrogen-bond acceptors (Lipinski definition) is 6. The number of carboxylic acids is 3. The van der Waals surface area contributed by atoms with E-state index in [1.807, 2.05) is 6.92 Å². The van der Waals surface area contributed by atoms with Crippen molar-refractivity contribution in [3.63, 3.8) is 0 Å². The monoisotopic (exact) mass is 518 g/mol. The van der Waals surface area contributed by atoms with E-state index in [1.54, 1.807) is 12.1 Å². The largest absolute Gasteiger partial charge is 0.481 e. The van der Waals surface area contributed by atoms with Crippen LogP contribution in [0.15, 0.2) is 24.3 Å². The Balaban J connectivity index is 1.72. The third-order valence-corrected chi connectivity index (χ3v) is 7.28. The summed E-state index contributed by atoms with van der Waals surface area (Å²) >= 11 is 0. The first-order valence-corrected chi connectivity index (χ1v) is 12.6. The van der Waals surface area contributed by atoms with Crippen molar-refractivity contribution in [3.05, 3.63) is 29.8 Å². The fourth-order valence-corrected chi connectivity index (χ4v) is 5.49. The van der Waals surface area contributed by atoms with Crippen molar-refractivity contribution in [2.75, 3.05) is 6.54 Å². The molecule has 0 aliphatic heterocycles. The van der Waals surface area contributed by atoms with E-state index < -0.39 is 47.8 Å². The smallest absolute Gasteiger partial charge is 0.356 e. The second-order valence-electron chi connectivity index (χ2n) is 9.80. The third kappa shape index (κ3) is 6.99. The lowest BCUT2D eigenvalue weighted by Gasteiger charge is -2.29. The van der Waals surface area contributed by atoms with Gasteiger partial charge in [-0.2, -0.15) is 0 Å². The zero-order valence-corrected chi connectivity index (χ0v) is 20.7. The van der Waals surface area contributed by atoms with Crippen molar-refractivity contribution < 1.29 is 44.0 Å². The maximum Gasteiger partial charge on any atom is 0.356 e. The Labute approximate surface area is 214 Å². The summed E-state index contributed by atoms with van der Waals surface area (Å²) in [4.78, 5) is 60.2. The van der Waals surface area contributed by atoms with Crippen LogP contribution in [0.4, 0.5) is 0 Å². The molecule has 2 saturated carbocycles. The zero-order valence-electron chi connectivity index (χ0n) is 20.7. The van der Waals surface area contributed by atoms with Gasteiger partial charge in [0.25, 0.3) is 6.10 Å². The standard InChI is InChI=1S/C26H34N2O9/c1-2-3-4-11-27-22(29)18(28-23(30)19-15-7-8-16(13-15)20(19)24(31)32)12-14-5-9-17(10-6-14)37-21(25(33)34)26(35)36/h5-6,9-10,15-16,18-21H,2-4,7-8,11-13H2,1H3,(H,27,29)(H,28,30)(H,31,32)(H,33,34)(H,35,36)/t15-,16+,18-,19+,20-/m0/s1. The Bertz CT molecular complexity index is 996. The summed E-state index contributed by atoms with van der Waals surface area (Å²) in [6.07, 6.45) is 3.06. The van der Waals surface area contributed by atoms with Gasteiger partial charge in [-0.1, -0.05) is 31.9 Å². The molecular formula is C26H34N2O9. The van der Waals surface area contributed by atoms with E-state index >= 15 is 0 Å². The molecule has 1 aromatic rings. The van der Waals surface area contributed by atoms with Gasteiger partial charge < -0.3 is 30.7 Å². The molecule has 2 fully saturated rings. The van der Waals surface area contributed by atoms with Gasteiger partial charge in [-0.05, 0) is 55.2 Å². The summed E-state index contributed by atoms with van der Waals surface area (Å²) in [7, 11) is 0. The van der Waals surface area contributed by atoms with Gasteiger partial charge in [-0.15, -0.1) is 0 Å². The lowest BCUT2D eigenvalue weighted by atomic mass is 9.78. The Morgan fingerprint density at radius 3 is 2.14 bits per heavy atom. The molecule has 202 valence electrons. The highest BCUT2D eigenvalue weighted by atomic mass is 16.5. The number of fused-ring (bicyclic) bond motifs is 2. The maximum atomic E-state index is 13.2. The molecule has 3 rings (SSSR count). The zero-order chi connectivity index (χ0) is 27.1. The normalized spacial score (nSPS) is 22.9. The van der Waals surface area contributed by atoms with Gasteiger partial charge in [0.05, 0.1) is 11.8 Å². The molecule has 2 aliphatic rings. The lowest BCUT2D eigenvalue weighted by Crippen LogP contribution is -2.52. The number of amides is 2. The SMILES string of the molecule is CCCCCNC(=O)[C@H](Cc1ccc(OC(C(=O)O)C(=O)O)cc1)NC(=O)[C@@H]1[C@H]2CC[C@H](C2)[C@@H]1C(=O)O. The Morgan fingerprint density at radius 1 is 0.946 bits per heavy atom. The molecule has 2 amide bonds. The number of hydrogen-bond donors (Lipinski definition) is 5. The maximum absolute atomic E-state index is 13.2. The predicted octanol–water partition coefficient (Wildman–Crippen LogP) is 1.68. The highest BCUT2D eigenvalue weighted by molar-refractivity contribution is 5.96. The summed E-state index contributed by atoms with van der Waals surface area (Å²) in [5, 5.41) is 33.3. The minimum Gasteiger partial charge on any atom is -0.481 e. The molecule has 11 nitrogen and oxygen atoms in total. The summed E-state index contributed by atoms with van der Waals surface area (Å²) in [5.74, 6) is -6.50. The van der Waals surface area contributed by atoms with E-state index in [9.17, 15) is 29.1 Å². The quantitative estimate of drug-likeness (QED) is 0.181. The number of carbonyl (C=O) groups is 5. The summed E-state index contributed by atoms with van der Waals surface area (Å²) in [6, 6.07) is 4.94. The van der Waals surface area contributed by atoms with Gasteiger partial charge in [0.2, 0.25) is 11.8 Å². The van der Waals surface area contributed by atoms with Crippen LogP contribution in [0.1, 0.15) is 51.0 Å². The number of aliphatic carboxylic acids is 3. The van der Waals surface area contributed by atoms with Gasteiger partial charge in [0, 0.05) is 13.0 Å². The average Bonchev–Trinajstić information content (AvgIpc) is 3.47. The first kappa shape index (κ1) is 27.9. The topological polar surface area (TPSA) is 179 Å². The molecule has 2 bridgehead atoms. The number of nitrogens with one attached hydrogen (secondary N) is 2. The molecule has 37 heavy (non-hydrogen) atoms. The molecule has 5 N–H and O–H groups in total. The highest BCUT2D eigenvalue weighted by Crippen LogP contribution is 2.52. The summed E-state index contributed by atoms with van der Waals surface area (Å²) in [6.45, 7) is 2.49. The van der Waals surface area contributed by atoms with Crippen LogP contribution in [0.5, 0.6) is 5.75 Å². The number of rotatable bonds is 14. The van der Waals surface area contributed by atoms with E-state index in [-0.39, 0.29) is 29.9 Å². The molecule has 11 heteroatoms. The molecule has 0 saturated heterocycles. The third-order valence-electron chi connectivity index (χ3n) is 7.28.